The molecule has 0 bridgehead atoms. The van der Waals surface area contributed by atoms with Crippen LogP contribution in [0.15, 0.2) is 42.5 Å². The number of hydrogen-bond donors (Lipinski definition) is 1. The summed E-state index contributed by atoms with van der Waals surface area (Å²) in [6.45, 7) is 3.82. The van der Waals surface area contributed by atoms with Crippen molar-refractivity contribution in [2.75, 3.05) is 6.54 Å². The van der Waals surface area contributed by atoms with E-state index < -0.39 is 0 Å². The Morgan fingerprint density at radius 3 is 2.43 bits per heavy atom. The number of ether oxygens (including phenoxy) is 1. The van der Waals surface area contributed by atoms with Gasteiger partial charge in [-0.2, -0.15) is 0 Å². The molecule has 0 heterocycles. The Morgan fingerprint density at radius 1 is 0.952 bits per heavy atom. The van der Waals surface area contributed by atoms with Crippen molar-refractivity contribution in [1.29, 1.82) is 0 Å². The van der Waals surface area contributed by atoms with Gasteiger partial charge in [-0.1, -0.05) is 31.2 Å². The van der Waals surface area contributed by atoms with Crippen molar-refractivity contribution in [3.63, 3.8) is 0 Å². The van der Waals surface area contributed by atoms with E-state index in [0.717, 1.165) is 12.1 Å². The van der Waals surface area contributed by atoms with Gasteiger partial charge in [-0.25, -0.2) is 8.78 Å². The van der Waals surface area contributed by atoms with Crippen LogP contribution in [0.5, 0.6) is 0 Å². The summed E-state index contributed by atoms with van der Waals surface area (Å²) in [4.78, 5) is 0. The minimum absolute atomic E-state index is 0.125. The van der Waals surface area contributed by atoms with E-state index in [4.69, 9.17) is 4.74 Å². The smallest absolute Gasteiger partial charge is 0.128 e. The van der Waals surface area contributed by atoms with Gasteiger partial charge < -0.3 is 10.1 Å². The van der Waals surface area contributed by atoms with E-state index in [1.54, 1.807) is 30.3 Å². The molecule has 0 fully saturated rings. The summed E-state index contributed by atoms with van der Waals surface area (Å²) >= 11 is 0. The van der Waals surface area contributed by atoms with Gasteiger partial charge in [-0.3, -0.25) is 0 Å². The predicted octanol–water partition coefficient (Wildman–Crippen LogP) is 3.79. The standard InChI is InChI=1S/C17H19F2NO/c1-2-20-10-13-7-8-17(19)15(9-13)12-21-11-14-5-3-4-6-16(14)18/h3-9,20H,2,10-12H2,1H3. The molecule has 0 aromatic heterocycles. The zero-order chi connectivity index (χ0) is 15.1. The first kappa shape index (κ1) is 15.6. The molecular weight excluding hydrogens is 272 g/mol. The van der Waals surface area contributed by atoms with Crippen LogP contribution in [0.1, 0.15) is 23.6 Å². The number of hydrogen-bond acceptors (Lipinski definition) is 2. The molecule has 21 heavy (non-hydrogen) atoms. The molecular formula is C17H19F2NO. The minimum atomic E-state index is -0.307. The van der Waals surface area contributed by atoms with Crippen LogP contribution in [0.25, 0.3) is 0 Å². The Bertz CT molecular complexity index is 587. The second-order valence-corrected chi connectivity index (χ2v) is 4.79. The summed E-state index contributed by atoms with van der Waals surface area (Å²) in [5, 5.41) is 3.19. The van der Waals surface area contributed by atoms with Crippen LogP contribution >= 0.6 is 0 Å². The molecule has 0 saturated heterocycles. The molecule has 0 aliphatic rings. The van der Waals surface area contributed by atoms with Crippen molar-refractivity contribution in [1.82, 2.24) is 5.32 Å². The maximum Gasteiger partial charge on any atom is 0.128 e. The maximum atomic E-state index is 13.7. The van der Waals surface area contributed by atoms with E-state index in [2.05, 4.69) is 5.32 Å². The van der Waals surface area contributed by atoms with Gasteiger partial charge in [-0.05, 0) is 30.3 Å². The van der Waals surface area contributed by atoms with Gasteiger partial charge in [0, 0.05) is 17.7 Å². The van der Waals surface area contributed by atoms with Crippen molar-refractivity contribution in [2.45, 2.75) is 26.7 Å². The lowest BCUT2D eigenvalue weighted by molar-refractivity contribution is 0.102. The SMILES string of the molecule is CCNCc1ccc(F)c(COCc2ccccc2F)c1. The van der Waals surface area contributed by atoms with E-state index in [-0.39, 0.29) is 24.8 Å². The molecule has 2 nitrogen and oxygen atoms in total. The van der Waals surface area contributed by atoms with Gasteiger partial charge in [0.1, 0.15) is 11.6 Å². The molecule has 4 heteroatoms. The maximum absolute atomic E-state index is 13.7. The average molecular weight is 291 g/mol. The first-order valence-corrected chi connectivity index (χ1v) is 7.00. The monoisotopic (exact) mass is 291 g/mol. The second-order valence-electron chi connectivity index (χ2n) is 4.79. The molecule has 112 valence electrons. The van der Waals surface area contributed by atoms with E-state index in [1.807, 2.05) is 6.92 Å². The molecule has 0 saturated carbocycles. The molecule has 2 aromatic carbocycles. The molecule has 2 rings (SSSR count). The fourth-order valence-corrected chi connectivity index (χ4v) is 2.00. The Balaban J connectivity index is 1.94. The van der Waals surface area contributed by atoms with Gasteiger partial charge in [0.2, 0.25) is 0 Å². The lowest BCUT2D eigenvalue weighted by atomic mass is 10.1. The molecule has 0 aliphatic carbocycles. The first-order chi connectivity index (χ1) is 10.2. The molecule has 0 amide bonds. The Labute approximate surface area is 123 Å². The predicted molar refractivity (Wildman–Crippen MR) is 78.7 cm³/mol. The third-order valence-electron chi connectivity index (χ3n) is 3.16. The van der Waals surface area contributed by atoms with Crippen molar-refractivity contribution in [3.8, 4) is 0 Å². The lowest BCUT2D eigenvalue weighted by Crippen LogP contribution is -2.12. The highest BCUT2D eigenvalue weighted by atomic mass is 19.1. The number of nitrogens with one attached hydrogen (secondary N) is 1. The fourth-order valence-electron chi connectivity index (χ4n) is 2.00. The minimum Gasteiger partial charge on any atom is -0.372 e. The van der Waals surface area contributed by atoms with Crippen molar-refractivity contribution in [2.24, 2.45) is 0 Å². The van der Waals surface area contributed by atoms with Gasteiger partial charge >= 0.3 is 0 Å². The van der Waals surface area contributed by atoms with Crippen LogP contribution in [0.3, 0.4) is 0 Å². The van der Waals surface area contributed by atoms with Crippen LogP contribution in [0.4, 0.5) is 8.78 Å². The van der Waals surface area contributed by atoms with Gasteiger partial charge in [-0.15, -0.1) is 0 Å². The quantitative estimate of drug-likeness (QED) is 0.838. The Morgan fingerprint density at radius 2 is 1.67 bits per heavy atom. The highest BCUT2D eigenvalue weighted by Crippen LogP contribution is 2.14. The zero-order valence-corrected chi connectivity index (χ0v) is 12.0. The molecule has 0 aliphatic heterocycles. The summed E-state index contributed by atoms with van der Waals surface area (Å²) in [7, 11) is 0. The van der Waals surface area contributed by atoms with Crippen molar-refractivity contribution >= 4 is 0 Å². The van der Waals surface area contributed by atoms with E-state index >= 15 is 0 Å². The van der Waals surface area contributed by atoms with Crippen LogP contribution in [0.2, 0.25) is 0 Å². The van der Waals surface area contributed by atoms with E-state index in [1.165, 1.54) is 12.1 Å². The number of benzene rings is 2. The highest BCUT2D eigenvalue weighted by molar-refractivity contribution is 5.24. The third-order valence-corrected chi connectivity index (χ3v) is 3.16. The molecule has 0 radical (unpaired) electrons. The summed E-state index contributed by atoms with van der Waals surface area (Å²) in [5.74, 6) is -0.609. The van der Waals surface area contributed by atoms with Crippen molar-refractivity contribution in [3.05, 3.63) is 70.8 Å². The van der Waals surface area contributed by atoms with Gasteiger partial charge in [0.25, 0.3) is 0 Å². The molecule has 2 aromatic rings. The van der Waals surface area contributed by atoms with Gasteiger partial charge in [0.05, 0.1) is 13.2 Å². The van der Waals surface area contributed by atoms with Crippen LogP contribution < -0.4 is 5.32 Å². The molecule has 0 atom stereocenters. The van der Waals surface area contributed by atoms with Crippen LogP contribution in [-0.4, -0.2) is 6.54 Å². The summed E-state index contributed by atoms with van der Waals surface area (Å²) < 4.78 is 32.6. The third kappa shape index (κ3) is 4.62. The van der Waals surface area contributed by atoms with Gasteiger partial charge in [0.15, 0.2) is 0 Å². The number of halogens is 2. The Hall–Kier alpha value is -1.78. The van der Waals surface area contributed by atoms with Crippen molar-refractivity contribution < 1.29 is 13.5 Å². The summed E-state index contributed by atoms with van der Waals surface area (Å²) in [5.41, 5.74) is 1.96. The normalized spacial score (nSPS) is 10.8. The second kappa shape index (κ2) is 7.86. The molecule has 0 unspecified atom stereocenters. The largest absolute Gasteiger partial charge is 0.372 e. The average Bonchev–Trinajstić information content (AvgIpc) is 2.49. The molecule has 0 spiro atoms. The number of rotatable bonds is 7. The molecule has 1 N–H and O–H groups in total. The first-order valence-electron chi connectivity index (χ1n) is 7.00. The fraction of sp³-hybridized carbons (Fsp3) is 0.294. The van der Waals surface area contributed by atoms with E-state index in [9.17, 15) is 8.78 Å². The highest BCUT2D eigenvalue weighted by Gasteiger charge is 2.06. The van der Waals surface area contributed by atoms with Crippen LogP contribution in [0, 0.1) is 11.6 Å². The zero-order valence-electron chi connectivity index (χ0n) is 12.0. The summed E-state index contributed by atoms with van der Waals surface area (Å²) in [6, 6.07) is 11.4. The lowest BCUT2D eigenvalue weighted by Gasteiger charge is -2.09. The Kier molecular flexibility index (Phi) is 5.84. The van der Waals surface area contributed by atoms with E-state index in [0.29, 0.717) is 17.7 Å². The van der Waals surface area contributed by atoms with Crippen LogP contribution in [-0.2, 0) is 24.5 Å². The summed E-state index contributed by atoms with van der Waals surface area (Å²) in [6.07, 6.45) is 0. The topological polar surface area (TPSA) is 21.3 Å².